The number of hydrogen-bond acceptors (Lipinski definition) is 3. The highest BCUT2D eigenvalue weighted by Gasteiger charge is 2.31. The van der Waals surface area contributed by atoms with E-state index in [1.165, 1.54) is 14.2 Å². The number of fused-ring (bicyclic) bond motifs is 1. The first kappa shape index (κ1) is 20.7. The zero-order valence-corrected chi connectivity index (χ0v) is 17.0. The monoisotopic (exact) mass is 423 g/mol. The fourth-order valence-corrected chi connectivity index (χ4v) is 3.73. The van der Waals surface area contributed by atoms with Gasteiger partial charge in [-0.05, 0) is 23.1 Å². The molecule has 158 valence electrons. The van der Waals surface area contributed by atoms with Crippen molar-refractivity contribution in [1.29, 1.82) is 0 Å². The highest BCUT2D eigenvalue weighted by molar-refractivity contribution is 6.05. The topological polar surface area (TPSA) is 31.4 Å². The molecule has 0 saturated heterocycles. The molecule has 31 heavy (non-hydrogen) atoms. The van der Waals surface area contributed by atoms with Crippen molar-refractivity contribution in [2.75, 3.05) is 14.2 Å². The Morgan fingerprint density at radius 2 is 1.26 bits per heavy atom. The minimum Gasteiger partial charge on any atom is -0.493 e. The highest BCUT2D eigenvalue weighted by Crippen LogP contribution is 2.43. The molecule has 0 unspecified atom stereocenters. The van der Waals surface area contributed by atoms with Crippen molar-refractivity contribution in [3.05, 3.63) is 78.5 Å². The molecule has 1 heterocycles. The first-order valence-corrected chi connectivity index (χ1v) is 9.67. The molecule has 4 rings (SSSR count). The lowest BCUT2D eigenvalue weighted by atomic mass is 9.92. The van der Waals surface area contributed by atoms with Crippen LogP contribution in [0.25, 0.3) is 33.2 Å². The molecular weight excluding hydrogens is 403 g/mol. The van der Waals surface area contributed by atoms with Crippen molar-refractivity contribution in [3.8, 4) is 33.9 Å². The van der Waals surface area contributed by atoms with Gasteiger partial charge in [0.2, 0.25) is 0 Å². The Labute approximate surface area is 178 Å². The van der Waals surface area contributed by atoms with E-state index in [-0.39, 0.29) is 5.69 Å². The maximum absolute atomic E-state index is 13.5. The first-order valence-electron chi connectivity index (χ1n) is 9.67. The number of alkyl halides is 3. The predicted octanol–water partition coefficient (Wildman–Crippen LogP) is 6.69. The van der Waals surface area contributed by atoms with Gasteiger partial charge in [-0.15, -0.1) is 0 Å². The Hall–Kier alpha value is -3.54. The van der Waals surface area contributed by atoms with E-state index in [4.69, 9.17) is 9.47 Å². The number of pyridine rings is 1. The molecule has 0 spiro atoms. The fourth-order valence-electron chi connectivity index (χ4n) is 3.73. The number of nitrogens with zero attached hydrogens (tertiary/aromatic N) is 1. The van der Waals surface area contributed by atoms with Gasteiger partial charge in [-0.2, -0.15) is 13.2 Å². The Morgan fingerprint density at radius 3 is 1.77 bits per heavy atom. The maximum atomic E-state index is 13.5. The smallest absolute Gasteiger partial charge is 0.394 e. The molecule has 4 aromatic rings. The summed E-state index contributed by atoms with van der Waals surface area (Å²) in [5.41, 5.74) is 2.77. The van der Waals surface area contributed by atoms with Crippen LogP contribution in [0.2, 0.25) is 0 Å². The summed E-state index contributed by atoms with van der Waals surface area (Å²) in [4.78, 5) is 4.55. The SMILES string of the molecule is COc1cc2c(CC(F)(F)F)nc(-c3ccccc3)c(-c3ccccc3)c2cc1OC. The number of rotatable bonds is 5. The second kappa shape index (κ2) is 8.30. The van der Waals surface area contributed by atoms with Crippen LogP contribution >= 0.6 is 0 Å². The van der Waals surface area contributed by atoms with Crippen LogP contribution < -0.4 is 9.47 Å². The van der Waals surface area contributed by atoms with Gasteiger partial charge in [0.15, 0.2) is 11.5 Å². The Balaban J connectivity index is 2.16. The average Bonchev–Trinajstić information content (AvgIpc) is 2.78. The van der Waals surface area contributed by atoms with Gasteiger partial charge >= 0.3 is 6.18 Å². The number of aromatic nitrogens is 1. The zero-order valence-electron chi connectivity index (χ0n) is 17.0. The van der Waals surface area contributed by atoms with E-state index < -0.39 is 12.6 Å². The summed E-state index contributed by atoms with van der Waals surface area (Å²) in [5.74, 6) is 0.794. The van der Waals surface area contributed by atoms with E-state index >= 15 is 0 Å². The highest BCUT2D eigenvalue weighted by atomic mass is 19.4. The van der Waals surface area contributed by atoms with Crippen LogP contribution in [-0.4, -0.2) is 25.4 Å². The van der Waals surface area contributed by atoms with Crippen LogP contribution in [0.4, 0.5) is 13.2 Å². The summed E-state index contributed by atoms with van der Waals surface area (Å²) >= 11 is 0. The molecule has 0 N–H and O–H groups in total. The summed E-state index contributed by atoms with van der Waals surface area (Å²) < 4.78 is 51.2. The van der Waals surface area contributed by atoms with Crippen molar-refractivity contribution in [1.82, 2.24) is 4.98 Å². The largest absolute Gasteiger partial charge is 0.493 e. The van der Waals surface area contributed by atoms with Gasteiger partial charge in [0.1, 0.15) is 0 Å². The van der Waals surface area contributed by atoms with Crippen molar-refractivity contribution in [2.24, 2.45) is 0 Å². The van der Waals surface area contributed by atoms with Gasteiger partial charge in [-0.1, -0.05) is 60.7 Å². The molecule has 0 amide bonds. The van der Waals surface area contributed by atoms with E-state index in [2.05, 4.69) is 4.98 Å². The van der Waals surface area contributed by atoms with Crippen molar-refractivity contribution >= 4 is 10.8 Å². The Bertz CT molecular complexity index is 1210. The van der Waals surface area contributed by atoms with Crippen molar-refractivity contribution < 1.29 is 22.6 Å². The van der Waals surface area contributed by atoms with Gasteiger partial charge in [0, 0.05) is 16.5 Å². The van der Waals surface area contributed by atoms with Gasteiger partial charge < -0.3 is 9.47 Å². The van der Waals surface area contributed by atoms with E-state index in [0.717, 1.165) is 16.7 Å². The van der Waals surface area contributed by atoms with Crippen LogP contribution in [0.15, 0.2) is 72.8 Å². The molecule has 1 aromatic heterocycles. The first-order chi connectivity index (χ1) is 14.9. The number of ether oxygens (including phenoxy) is 2. The van der Waals surface area contributed by atoms with Crippen molar-refractivity contribution in [3.63, 3.8) is 0 Å². The molecule has 0 aliphatic carbocycles. The summed E-state index contributed by atoms with van der Waals surface area (Å²) in [7, 11) is 2.96. The van der Waals surface area contributed by atoms with Crippen LogP contribution in [0.5, 0.6) is 11.5 Å². The van der Waals surface area contributed by atoms with Crippen LogP contribution in [0.1, 0.15) is 5.69 Å². The standard InChI is InChI=1S/C25H20F3NO2/c1-30-21-13-18-19(14-22(21)31-2)23(16-9-5-3-6-10-16)24(17-11-7-4-8-12-17)29-20(18)15-25(26,27)28/h3-14H,15H2,1-2H3. The molecule has 0 radical (unpaired) electrons. The predicted molar refractivity (Wildman–Crippen MR) is 115 cm³/mol. The summed E-state index contributed by atoms with van der Waals surface area (Å²) in [6.45, 7) is 0. The molecule has 0 bridgehead atoms. The third-order valence-electron chi connectivity index (χ3n) is 5.07. The molecule has 0 aliphatic rings. The number of benzene rings is 3. The zero-order chi connectivity index (χ0) is 22.0. The summed E-state index contributed by atoms with van der Waals surface area (Å²) in [5, 5.41) is 1.01. The summed E-state index contributed by atoms with van der Waals surface area (Å²) in [6.07, 6.45) is -5.55. The molecule has 0 atom stereocenters. The lowest BCUT2D eigenvalue weighted by Crippen LogP contribution is -2.14. The van der Waals surface area contributed by atoms with Crippen LogP contribution in [-0.2, 0) is 6.42 Å². The molecule has 3 aromatic carbocycles. The van der Waals surface area contributed by atoms with E-state index in [9.17, 15) is 13.2 Å². The van der Waals surface area contributed by atoms with Crippen LogP contribution in [0, 0.1) is 0 Å². The lowest BCUT2D eigenvalue weighted by Gasteiger charge is -2.19. The maximum Gasteiger partial charge on any atom is 0.394 e. The Kier molecular flexibility index (Phi) is 5.55. The second-order valence-electron chi connectivity index (χ2n) is 7.06. The van der Waals surface area contributed by atoms with E-state index in [1.54, 1.807) is 12.1 Å². The molecule has 0 aliphatic heterocycles. The Morgan fingerprint density at radius 1 is 0.742 bits per heavy atom. The minimum absolute atomic E-state index is 0.0537. The lowest BCUT2D eigenvalue weighted by molar-refractivity contribution is -0.127. The van der Waals surface area contributed by atoms with E-state index in [0.29, 0.717) is 28.0 Å². The van der Waals surface area contributed by atoms with E-state index in [1.807, 2.05) is 60.7 Å². The van der Waals surface area contributed by atoms with Crippen LogP contribution in [0.3, 0.4) is 0 Å². The molecular formula is C25H20F3NO2. The van der Waals surface area contributed by atoms with Gasteiger partial charge in [0.05, 0.1) is 32.0 Å². The number of hydrogen-bond donors (Lipinski definition) is 0. The average molecular weight is 423 g/mol. The molecule has 6 heteroatoms. The minimum atomic E-state index is -4.41. The third-order valence-corrected chi connectivity index (χ3v) is 5.07. The third kappa shape index (κ3) is 4.19. The molecule has 0 fully saturated rings. The molecule has 0 saturated carbocycles. The van der Waals surface area contributed by atoms with Gasteiger partial charge in [0.25, 0.3) is 0 Å². The number of halogens is 3. The normalized spacial score (nSPS) is 11.5. The quantitative estimate of drug-likeness (QED) is 0.358. The number of methoxy groups -OCH3 is 2. The molecule has 3 nitrogen and oxygen atoms in total. The van der Waals surface area contributed by atoms with Crippen molar-refractivity contribution in [2.45, 2.75) is 12.6 Å². The summed E-state index contributed by atoms with van der Waals surface area (Å²) in [6, 6.07) is 22.0. The second-order valence-corrected chi connectivity index (χ2v) is 7.06. The van der Waals surface area contributed by atoms with Gasteiger partial charge in [-0.3, -0.25) is 4.98 Å². The fraction of sp³-hybridized carbons (Fsp3) is 0.160. The van der Waals surface area contributed by atoms with Gasteiger partial charge in [-0.25, -0.2) is 0 Å².